The number of pyridine rings is 1. The summed E-state index contributed by atoms with van der Waals surface area (Å²) < 4.78 is 0. The van der Waals surface area contributed by atoms with Crippen molar-refractivity contribution in [3.8, 4) is 11.3 Å². The zero-order valence-corrected chi connectivity index (χ0v) is 16.0. The molecule has 1 aliphatic rings. The first-order chi connectivity index (χ1) is 14.1. The Labute approximate surface area is 169 Å². The summed E-state index contributed by atoms with van der Waals surface area (Å²) in [4.78, 5) is 17.9. The molecule has 1 aliphatic heterocycles. The standard InChI is InChI=1S/C23H23N3O3/c27-23(18-9-5-2-6-10-18)19-13-15-25(16-14-19)21-12-11-20(26(28)29)22(24-21)17-7-3-1-4-8-17/h1-12,19,23,27H,13-16H2. The van der Waals surface area contributed by atoms with Crippen molar-refractivity contribution in [2.45, 2.75) is 18.9 Å². The quantitative estimate of drug-likeness (QED) is 0.509. The predicted molar refractivity (Wildman–Crippen MR) is 113 cm³/mol. The van der Waals surface area contributed by atoms with Crippen molar-refractivity contribution in [3.05, 3.63) is 88.5 Å². The van der Waals surface area contributed by atoms with Crippen LogP contribution in [0.1, 0.15) is 24.5 Å². The molecular formula is C23H23N3O3. The Morgan fingerprint density at radius 3 is 2.21 bits per heavy atom. The van der Waals surface area contributed by atoms with Gasteiger partial charge in [-0.15, -0.1) is 0 Å². The molecule has 0 aliphatic carbocycles. The van der Waals surface area contributed by atoms with Crippen molar-refractivity contribution >= 4 is 11.5 Å². The molecule has 1 saturated heterocycles. The van der Waals surface area contributed by atoms with Gasteiger partial charge >= 0.3 is 0 Å². The Kier molecular flexibility index (Phi) is 5.53. The third-order valence-electron chi connectivity index (χ3n) is 5.55. The Bertz CT molecular complexity index is 971. The third-order valence-corrected chi connectivity index (χ3v) is 5.55. The van der Waals surface area contributed by atoms with Crippen LogP contribution in [0, 0.1) is 16.0 Å². The highest BCUT2D eigenvalue weighted by molar-refractivity contribution is 5.71. The number of nitro groups is 1. The SMILES string of the molecule is O=[N+]([O-])c1ccc(N2CCC(C(O)c3ccccc3)CC2)nc1-c1ccccc1. The van der Waals surface area contributed by atoms with Gasteiger partial charge in [0.25, 0.3) is 5.69 Å². The second kappa shape index (κ2) is 8.41. The fourth-order valence-electron chi connectivity index (χ4n) is 3.94. The zero-order chi connectivity index (χ0) is 20.2. The number of rotatable bonds is 5. The molecule has 3 aromatic rings. The maximum atomic E-state index is 11.5. The molecule has 1 atom stereocenters. The number of aliphatic hydroxyl groups excluding tert-OH is 1. The van der Waals surface area contributed by atoms with Gasteiger partial charge in [-0.2, -0.15) is 0 Å². The lowest BCUT2D eigenvalue weighted by Gasteiger charge is -2.35. The summed E-state index contributed by atoms with van der Waals surface area (Å²) in [6.45, 7) is 1.52. The van der Waals surface area contributed by atoms with E-state index in [0.29, 0.717) is 5.69 Å². The number of hydrogen-bond donors (Lipinski definition) is 1. The van der Waals surface area contributed by atoms with Gasteiger partial charge in [-0.1, -0.05) is 60.7 Å². The third kappa shape index (κ3) is 4.12. The van der Waals surface area contributed by atoms with E-state index in [-0.39, 0.29) is 16.5 Å². The topological polar surface area (TPSA) is 79.5 Å². The molecule has 6 nitrogen and oxygen atoms in total. The fourth-order valence-corrected chi connectivity index (χ4v) is 3.94. The largest absolute Gasteiger partial charge is 0.388 e. The number of aromatic nitrogens is 1. The summed E-state index contributed by atoms with van der Waals surface area (Å²) in [5.41, 5.74) is 2.08. The second-order valence-electron chi connectivity index (χ2n) is 7.34. The van der Waals surface area contributed by atoms with E-state index in [1.807, 2.05) is 60.7 Å². The van der Waals surface area contributed by atoms with Gasteiger partial charge in [-0.05, 0) is 30.4 Å². The summed E-state index contributed by atoms with van der Waals surface area (Å²) in [6.07, 6.45) is 1.22. The fraction of sp³-hybridized carbons (Fsp3) is 0.261. The van der Waals surface area contributed by atoms with Gasteiger partial charge in [0, 0.05) is 24.7 Å². The molecule has 0 saturated carbocycles. The molecule has 2 aromatic carbocycles. The average molecular weight is 389 g/mol. The second-order valence-corrected chi connectivity index (χ2v) is 7.34. The monoisotopic (exact) mass is 389 g/mol. The van der Waals surface area contributed by atoms with Crippen LogP contribution in [0.3, 0.4) is 0 Å². The lowest BCUT2D eigenvalue weighted by molar-refractivity contribution is -0.384. The van der Waals surface area contributed by atoms with Crippen LogP contribution in [0.25, 0.3) is 11.3 Å². The number of nitrogens with zero attached hydrogens (tertiary/aromatic N) is 3. The maximum absolute atomic E-state index is 11.5. The lowest BCUT2D eigenvalue weighted by Crippen LogP contribution is -2.36. The smallest absolute Gasteiger partial charge is 0.295 e. The molecule has 0 radical (unpaired) electrons. The number of hydrogen-bond acceptors (Lipinski definition) is 5. The summed E-state index contributed by atoms with van der Waals surface area (Å²) in [7, 11) is 0. The molecule has 2 heterocycles. The van der Waals surface area contributed by atoms with Gasteiger partial charge in [0.15, 0.2) is 5.69 Å². The normalized spacial score (nSPS) is 15.8. The summed E-state index contributed by atoms with van der Waals surface area (Å²) in [5, 5.41) is 22.1. The van der Waals surface area contributed by atoms with Crippen molar-refractivity contribution < 1.29 is 10.0 Å². The molecule has 0 spiro atoms. The van der Waals surface area contributed by atoms with Crippen LogP contribution < -0.4 is 4.90 Å². The lowest BCUT2D eigenvalue weighted by atomic mass is 9.87. The summed E-state index contributed by atoms with van der Waals surface area (Å²) >= 11 is 0. The Balaban J connectivity index is 1.52. The molecular weight excluding hydrogens is 366 g/mol. The molecule has 1 unspecified atom stereocenters. The van der Waals surface area contributed by atoms with E-state index in [1.54, 1.807) is 6.07 Å². The Morgan fingerprint density at radius 1 is 0.966 bits per heavy atom. The van der Waals surface area contributed by atoms with E-state index < -0.39 is 6.10 Å². The number of benzene rings is 2. The number of aliphatic hydroxyl groups is 1. The summed E-state index contributed by atoms with van der Waals surface area (Å²) in [5.74, 6) is 0.933. The highest BCUT2D eigenvalue weighted by atomic mass is 16.6. The first kappa shape index (κ1) is 19.1. The first-order valence-corrected chi connectivity index (χ1v) is 9.82. The van der Waals surface area contributed by atoms with Crippen LogP contribution >= 0.6 is 0 Å². The molecule has 0 amide bonds. The molecule has 0 bridgehead atoms. The van der Waals surface area contributed by atoms with Crippen molar-refractivity contribution in [2.75, 3.05) is 18.0 Å². The van der Waals surface area contributed by atoms with Gasteiger partial charge in [0.05, 0.1) is 11.0 Å². The van der Waals surface area contributed by atoms with Crippen molar-refractivity contribution in [3.63, 3.8) is 0 Å². The van der Waals surface area contributed by atoms with Gasteiger partial charge < -0.3 is 10.0 Å². The van der Waals surface area contributed by atoms with Gasteiger partial charge in [-0.25, -0.2) is 4.98 Å². The van der Waals surface area contributed by atoms with Crippen molar-refractivity contribution in [1.29, 1.82) is 0 Å². The highest BCUT2D eigenvalue weighted by Crippen LogP contribution is 2.34. The van der Waals surface area contributed by atoms with E-state index in [2.05, 4.69) is 9.88 Å². The van der Waals surface area contributed by atoms with Crippen LogP contribution in [-0.2, 0) is 0 Å². The number of anilines is 1. The predicted octanol–water partition coefficient (Wildman–Crippen LogP) is 4.61. The Morgan fingerprint density at radius 2 is 1.59 bits per heavy atom. The van der Waals surface area contributed by atoms with Crippen LogP contribution in [0.5, 0.6) is 0 Å². The van der Waals surface area contributed by atoms with Crippen molar-refractivity contribution in [1.82, 2.24) is 4.98 Å². The van der Waals surface area contributed by atoms with E-state index in [0.717, 1.165) is 42.9 Å². The number of piperidine rings is 1. The highest BCUT2D eigenvalue weighted by Gasteiger charge is 2.28. The molecule has 1 N–H and O–H groups in total. The van der Waals surface area contributed by atoms with Crippen molar-refractivity contribution in [2.24, 2.45) is 5.92 Å². The average Bonchev–Trinajstić information content (AvgIpc) is 2.79. The summed E-state index contributed by atoms with van der Waals surface area (Å²) in [6, 6.07) is 22.3. The molecule has 1 aromatic heterocycles. The minimum absolute atomic E-state index is 0.00864. The van der Waals surface area contributed by atoms with Crippen LogP contribution in [0.15, 0.2) is 72.8 Å². The van der Waals surface area contributed by atoms with E-state index in [9.17, 15) is 15.2 Å². The molecule has 6 heteroatoms. The van der Waals surface area contributed by atoms with E-state index in [4.69, 9.17) is 0 Å². The first-order valence-electron chi connectivity index (χ1n) is 9.82. The molecule has 1 fully saturated rings. The molecule has 29 heavy (non-hydrogen) atoms. The van der Waals surface area contributed by atoms with E-state index in [1.165, 1.54) is 6.07 Å². The minimum atomic E-state index is -0.469. The van der Waals surface area contributed by atoms with Crippen LogP contribution in [0.2, 0.25) is 0 Å². The molecule has 148 valence electrons. The van der Waals surface area contributed by atoms with Gasteiger partial charge in [0.1, 0.15) is 5.82 Å². The van der Waals surface area contributed by atoms with E-state index >= 15 is 0 Å². The van der Waals surface area contributed by atoms with Crippen LogP contribution in [0.4, 0.5) is 11.5 Å². The molecule has 4 rings (SSSR count). The minimum Gasteiger partial charge on any atom is -0.388 e. The maximum Gasteiger partial charge on any atom is 0.295 e. The van der Waals surface area contributed by atoms with Crippen LogP contribution in [-0.4, -0.2) is 28.1 Å². The zero-order valence-electron chi connectivity index (χ0n) is 16.0. The Hall–Kier alpha value is -3.25. The van der Waals surface area contributed by atoms with Gasteiger partial charge in [0.2, 0.25) is 0 Å². The van der Waals surface area contributed by atoms with Gasteiger partial charge in [-0.3, -0.25) is 10.1 Å².